The average Bonchev–Trinajstić information content (AvgIpc) is 4.01. The van der Waals surface area contributed by atoms with Crippen LogP contribution in [0.3, 0.4) is 0 Å². The highest BCUT2D eigenvalue weighted by atomic mass is 32.2. The lowest BCUT2D eigenvalue weighted by Crippen LogP contribution is -2.69. The van der Waals surface area contributed by atoms with Crippen molar-refractivity contribution in [3.8, 4) is 22.8 Å². The van der Waals surface area contributed by atoms with Crippen molar-refractivity contribution in [2.75, 3.05) is 27.3 Å². The van der Waals surface area contributed by atoms with Gasteiger partial charge in [-0.2, -0.15) is 0 Å². The maximum atomic E-state index is 14.1. The number of fused-ring (bicyclic) bond motifs is 3. The van der Waals surface area contributed by atoms with Crippen LogP contribution in [0.5, 0.6) is 11.5 Å². The number of ether oxygens (including phenoxy) is 2. The van der Waals surface area contributed by atoms with Gasteiger partial charge in [0, 0.05) is 49.0 Å². The van der Waals surface area contributed by atoms with E-state index in [-0.39, 0.29) is 24.9 Å². The molecule has 2 saturated carbocycles. The Kier molecular flexibility index (Phi) is 8.72. The molecule has 4 amide bonds. The first-order valence-electron chi connectivity index (χ1n) is 16.8. The van der Waals surface area contributed by atoms with E-state index in [1.165, 1.54) is 4.90 Å². The van der Waals surface area contributed by atoms with Crippen molar-refractivity contribution in [3.63, 3.8) is 0 Å². The summed E-state index contributed by atoms with van der Waals surface area (Å²) in [6.45, 7) is 0.641. The lowest BCUT2D eigenvalue weighted by Gasteiger charge is -2.48. The topological polar surface area (TPSA) is 147 Å². The Morgan fingerprint density at radius 1 is 1.10 bits per heavy atom. The van der Waals surface area contributed by atoms with Gasteiger partial charge < -0.3 is 24.6 Å². The lowest BCUT2D eigenvalue weighted by atomic mass is 9.92. The van der Waals surface area contributed by atoms with Crippen LogP contribution in [0.4, 0.5) is 4.79 Å². The Bertz CT molecular complexity index is 1920. The third kappa shape index (κ3) is 6.55. The van der Waals surface area contributed by atoms with Crippen LogP contribution in [-0.4, -0.2) is 91.2 Å². The first-order chi connectivity index (χ1) is 23.6. The van der Waals surface area contributed by atoms with E-state index in [2.05, 4.69) is 10.0 Å². The van der Waals surface area contributed by atoms with Gasteiger partial charge >= 0.3 is 6.03 Å². The lowest BCUT2D eigenvalue weighted by molar-refractivity contribution is -0.142. The molecule has 0 spiro atoms. The number of nitrogens with one attached hydrogen (secondary N) is 2. The first-order valence-corrected chi connectivity index (χ1v) is 18.4. The number of amides is 4. The number of hydrogen-bond acceptors (Lipinski definition) is 8. The molecule has 12 nitrogen and oxygen atoms in total. The molecular formula is C36H41N5O7S. The summed E-state index contributed by atoms with van der Waals surface area (Å²) in [5, 5.41) is 3.06. The van der Waals surface area contributed by atoms with Crippen LogP contribution in [0.1, 0.15) is 44.9 Å². The molecule has 2 aliphatic heterocycles. The summed E-state index contributed by atoms with van der Waals surface area (Å²) in [6.07, 6.45) is 7.91. The number of likely N-dealkylation sites (N-methyl/N-ethyl adjacent to an activating group) is 1. The molecule has 4 aliphatic rings. The summed E-state index contributed by atoms with van der Waals surface area (Å²) >= 11 is 0. The Morgan fingerprint density at radius 2 is 1.90 bits per heavy atom. The number of carbonyl (C=O) groups excluding carboxylic acids is 3. The quantitative estimate of drug-likeness (QED) is 0.338. The number of allylic oxidation sites excluding steroid dienone is 1. The van der Waals surface area contributed by atoms with E-state index < -0.39 is 44.8 Å². The summed E-state index contributed by atoms with van der Waals surface area (Å²) in [7, 11) is -0.499. The summed E-state index contributed by atoms with van der Waals surface area (Å²) in [5.74, 6) is -0.0734. The minimum atomic E-state index is -3.83. The van der Waals surface area contributed by atoms with E-state index in [0.717, 1.165) is 30.2 Å². The number of methoxy groups -OCH3 is 1. The highest BCUT2D eigenvalue weighted by Gasteiger charge is 2.62. The smallest absolute Gasteiger partial charge is 0.319 e. The van der Waals surface area contributed by atoms with Gasteiger partial charge in [0.05, 0.1) is 29.6 Å². The van der Waals surface area contributed by atoms with Gasteiger partial charge in [-0.15, -0.1) is 0 Å². The van der Waals surface area contributed by atoms with Crippen molar-refractivity contribution in [3.05, 3.63) is 66.7 Å². The van der Waals surface area contributed by atoms with Gasteiger partial charge in [-0.25, -0.2) is 18.2 Å². The summed E-state index contributed by atoms with van der Waals surface area (Å²) in [6, 6.07) is 15.3. The number of aromatic nitrogens is 1. The SMILES string of the molecule is COc1ccc2c(OC[C@H]3C[C@@H]4C(=O)N(C)CCCC/C=C\[C@H]5C[C@]5(C(=O)NS(=O)(=O)C5CC5)NC(=O)N34)cc(-c3ccccc3)nc2c1. The maximum Gasteiger partial charge on any atom is 0.319 e. The molecule has 0 unspecified atom stereocenters. The fraction of sp³-hybridized carbons (Fsp3) is 0.444. The van der Waals surface area contributed by atoms with Gasteiger partial charge in [-0.05, 0) is 50.7 Å². The van der Waals surface area contributed by atoms with Crippen molar-refractivity contribution in [2.45, 2.75) is 67.8 Å². The highest BCUT2D eigenvalue weighted by Crippen LogP contribution is 2.46. The number of pyridine rings is 1. The van der Waals surface area contributed by atoms with Crippen LogP contribution in [0.15, 0.2) is 66.7 Å². The molecule has 3 heterocycles. The van der Waals surface area contributed by atoms with Crippen molar-refractivity contribution < 1.29 is 32.3 Å². The van der Waals surface area contributed by atoms with E-state index in [1.807, 2.05) is 66.7 Å². The minimum absolute atomic E-state index is 0.0822. The van der Waals surface area contributed by atoms with Gasteiger partial charge in [0.2, 0.25) is 15.9 Å². The zero-order valence-electron chi connectivity index (χ0n) is 27.6. The zero-order valence-corrected chi connectivity index (χ0v) is 28.4. The zero-order chi connectivity index (χ0) is 34.3. The minimum Gasteiger partial charge on any atom is -0.497 e. The third-order valence-corrected chi connectivity index (χ3v) is 11.8. The highest BCUT2D eigenvalue weighted by molar-refractivity contribution is 7.91. The molecule has 3 aromatic rings. The van der Waals surface area contributed by atoms with Crippen LogP contribution in [0, 0.1) is 5.92 Å². The predicted molar refractivity (Wildman–Crippen MR) is 183 cm³/mol. The second-order valence-electron chi connectivity index (χ2n) is 13.4. The molecule has 2 aliphatic carbocycles. The summed E-state index contributed by atoms with van der Waals surface area (Å²) in [4.78, 5) is 49.3. The number of rotatable bonds is 8. The van der Waals surface area contributed by atoms with E-state index in [0.29, 0.717) is 48.5 Å². The molecule has 0 radical (unpaired) electrons. The van der Waals surface area contributed by atoms with Gasteiger partial charge in [0.1, 0.15) is 29.7 Å². The fourth-order valence-corrected chi connectivity index (χ4v) is 8.16. The van der Waals surface area contributed by atoms with E-state index in [4.69, 9.17) is 14.5 Å². The molecule has 49 heavy (non-hydrogen) atoms. The standard InChI is InChI=1S/C36H41N5O7S/c1-40-17-9-4-3-8-12-24-21-36(24,34(43)39-49(45,46)27-14-15-27)38-35(44)41-25(18-31(41)33(40)42)22-48-32-20-29(23-10-6-5-7-11-23)37-30-19-26(47-2)13-16-28(30)32/h5-8,10-13,16,19-20,24-25,27,31H,3-4,9,14-15,17-18,21-22H2,1-2H3,(H,38,44)(H,39,43)/b12-8-/t24-,25+,31+,36-/m0/s1. The molecule has 3 fully saturated rings. The molecule has 1 aromatic heterocycles. The molecule has 7 rings (SSSR count). The number of carbonyl (C=O) groups is 3. The largest absolute Gasteiger partial charge is 0.497 e. The Hall–Kier alpha value is -4.65. The molecule has 2 aromatic carbocycles. The van der Waals surface area contributed by atoms with Gasteiger partial charge in [0.25, 0.3) is 5.91 Å². The van der Waals surface area contributed by atoms with Gasteiger partial charge in [-0.3, -0.25) is 14.3 Å². The number of sulfonamides is 1. The van der Waals surface area contributed by atoms with Crippen LogP contribution in [0.25, 0.3) is 22.2 Å². The normalized spacial score (nSPS) is 26.4. The molecule has 2 N–H and O–H groups in total. The molecule has 0 bridgehead atoms. The second kappa shape index (κ2) is 13.0. The number of urea groups is 1. The number of benzene rings is 2. The van der Waals surface area contributed by atoms with Gasteiger partial charge in [0.15, 0.2) is 0 Å². The summed E-state index contributed by atoms with van der Waals surface area (Å²) in [5.41, 5.74) is 0.865. The van der Waals surface area contributed by atoms with Crippen LogP contribution in [0.2, 0.25) is 0 Å². The predicted octanol–water partition coefficient (Wildman–Crippen LogP) is 4.01. The van der Waals surface area contributed by atoms with Crippen LogP contribution < -0.4 is 19.5 Å². The van der Waals surface area contributed by atoms with Crippen LogP contribution >= 0.6 is 0 Å². The second-order valence-corrected chi connectivity index (χ2v) is 15.4. The molecular weight excluding hydrogens is 646 g/mol. The Labute approximate surface area is 285 Å². The summed E-state index contributed by atoms with van der Waals surface area (Å²) < 4.78 is 39.6. The third-order valence-electron chi connectivity index (χ3n) is 10.0. The van der Waals surface area contributed by atoms with Crippen molar-refractivity contribution >= 4 is 38.8 Å². The molecule has 258 valence electrons. The van der Waals surface area contributed by atoms with Crippen molar-refractivity contribution in [1.29, 1.82) is 0 Å². The molecule has 13 heteroatoms. The fourth-order valence-electron chi connectivity index (χ4n) is 6.80. The van der Waals surface area contributed by atoms with E-state index >= 15 is 0 Å². The monoisotopic (exact) mass is 687 g/mol. The Balaban J connectivity index is 1.16. The molecule has 4 atom stereocenters. The Morgan fingerprint density at radius 3 is 2.65 bits per heavy atom. The van der Waals surface area contributed by atoms with Crippen molar-refractivity contribution in [1.82, 2.24) is 24.8 Å². The van der Waals surface area contributed by atoms with Crippen molar-refractivity contribution in [2.24, 2.45) is 5.92 Å². The molecule has 1 saturated heterocycles. The number of hydrogen-bond donors (Lipinski definition) is 2. The maximum absolute atomic E-state index is 14.1. The van der Waals surface area contributed by atoms with Gasteiger partial charge in [-0.1, -0.05) is 42.5 Å². The van der Waals surface area contributed by atoms with E-state index in [1.54, 1.807) is 19.1 Å². The number of nitrogens with zero attached hydrogens (tertiary/aromatic N) is 3. The van der Waals surface area contributed by atoms with E-state index in [9.17, 15) is 22.8 Å². The average molecular weight is 688 g/mol. The first kappa shape index (κ1) is 32.9. The van der Waals surface area contributed by atoms with Crippen LogP contribution in [-0.2, 0) is 19.6 Å².